The van der Waals surface area contributed by atoms with Crippen molar-refractivity contribution < 1.29 is 38.4 Å². The van der Waals surface area contributed by atoms with E-state index in [-0.39, 0.29) is 23.5 Å². The maximum absolute atomic E-state index is 11.5. The van der Waals surface area contributed by atoms with E-state index in [0.717, 1.165) is 24.0 Å². The molecule has 0 bridgehead atoms. The van der Waals surface area contributed by atoms with E-state index in [9.17, 15) is 33.6 Å². The minimum atomic E-state index is -0.699. The lowest BCUT2D eigenvalue weighted by Crippen LogP contribution is -2.39. The van der Waals surface area contributed by atoms with Gasteiger partial charge in [-0.2, -0.15) is 0 Å². The predicted octanol–water partition coefficient (Wildman–Crippen LogP) is 1.54. The maximum atomic E-state index is 11.5. The van der Waals surface area contributed by atoms with Gasteiger partial charge >= 0.3 is 5.97 Å². The van der Waals surface area contributed by atoms with Crippen LogP contribution in [0, 0.1) is 10.8 Å². The molecule has 0 spiro atoms. The van der Waals surface area contributed by atoms with Crippen LogP contribution in [0.25, 0.3) is 0 Å². The third-order valence-electron chi connectivity index (χ3n) is 4.08. The first-order chi connectivity index (χ1) is 14.4. The molecule has 2 aliphatic heterocycles. The lowest BCUT2D eigenvalue weighted by atomic mass is 9.90. The molecule has 2 heterocycles. The van der Waals surface area contributed by atoms with Crippen LogP contribution in [0.2, 0.25) is 0 Å². The Kier molecular flexibility index (Phi) is 10.1. The average molecular weight is 450 g/mol. The van der Waals surface area contributed by atoms with Gasteiger partial charge in [-0.25, -0.2) is 4.79 Å². The topological polar surface area (TPSA) is 135 Å². The third-order valence-corrected chi connectivity index (χ3v) is 4.08. The molecular weight excluding hydrogens is 420 g/mol. The number of hydroxylamine groups is 2. The number of carbonyl (C=O) groups is 7. The molecule has 0 fully saturated rings. The second-order valence-electron chi connectivity index (χ2n) is 8.96. The summed E-state index contributed by atoms with van der Waals surface area (Å²) < 4.78 is 0. The highest BCUT2D eigenvalue weighted by Crippen LogP contribution is 2.16. The number of nitrogens with zero attached hydrogens (tertiary/aromatic N) is 2. The molecule has 0 saturated heterocycles. The van der Waals surface area contributed by atoms with Crippen molar-refractivity contribution in [3.8, 4) is 0 Å². The van der Waals surface area contributed by atoms with Gasteiger partial charge in [-0.05, 0) is 6.92 Å². The van der Waals surface area contributed by atoms with Crippen molar-refractivity contribution >= 4 is 41.2 Å². The zero-order chi connectivity index (χ0) is 25.4. The van der Waals surface area contributed by atoms with Gasteiger partial charge in [0.15, 0.2) is 5.78 Å². The Morgan fingerprint density at radius 2 is 1.06 bits per heavy atom. The molecule has 0 N–H and O–H groups in total. The lowest BCUT2D eigenvalue weighted by molar-refractivity contribution is -0.194. The number of hydrogen-bond donors (Lipinski definition) is 0. The van der Waals surface area contributed by atoms with Crippen molar-refractivity contribution in [1.29, 1.82) is 0 Å². The van der Waals surface area contributed by atoms with E-state index >= 15 is 0 Å². The molecule has 0 atom stereocenters. The van der Waals surface area contributed by atoms with E-state index < -0.39 is 35.0 Å². The molecular formula is C22H30N2O8. The van der Waals surface area contributed by atoms with E-state index in [1.807, 2.05) is 20.8 Å². The van der Waals surface area contributed by atoms with E-state index in [1.165, 1.54) is 12.2 Å². The minimum Gasteiger partial charge on any atom is -0.330 e. The van der Waals surface area contributed by atoms with Gasteiger partial charge in [0.1, 0.15) is 5.78 Å². The molecule has 4 amide bonds. The summed E-state index contributed by atoms with van der Waals surface area (Å²) in [5, 5.41) is 0.405. The Labute approximate surface area is 187 Å². The summed E-state index contributed by atoms with van der Waals surface area (Å²) in [6, 6.07) is 0. The Bertz CT molecular complexity index is 833. The fourth-order valence-electron chi connectivity index (χ4n) is 1.57. The molecule has 0 radical (unpaired) electrons. The van der Waals surface area contributed by atoms with Crippen LogP contribution < -0.4 is 0 Å². The summed E-state index contributed by atoms with van der Waals surface area (Å²) in [5.74, 6) is -2.67. The summed E-state index contributed by atoms with van der Waals surface area (Å²) in [4.78, 5) is 81.1. The van der Waals surface area contributed by atoms with E-state index in [1.54, 1.807) is 27.7 Å². The molecule has 10 heteroatoms. The second-order valence-corrected chi connectivity index (χ2v) is 8.96. The van der Waals surface area contributed by atoms with Crippen LogP contribution in [0.4, 0.5) is 0 Å². The monoisotopic (exact) mass is 450 g/mol. The Morgan fingerprint density at radius 1 is 0.719 bits per heavy atom. The van der Waals surface area contributed by atoms with Gasteiger partial charge in [0.2, 0.25) is 0 Å². The van der Waals surface area contributed by atoms with Gasteiger partial charge in [-0.1, -0.05) is 46.6 Å². The first-order valence-electron chi connectivity index (χ1n) is 9.70. The van der Waals surface area contributed by atoms with Crippen molar-refractivity contribution in [2.75, 3.05) is 6.54 Å². The quantitative estimate of drug-likeness (QED) is 0.591. The fourth-order valence-corrected chi connectivity index (χ4v) is 1.57. The molecule has 2 aliphatic rings. The molecule has 0 aromatic carbocycles. The Balaban J connectivity index is 0.000000478. The molecule has 0 aromatic heterocycles. The largest absolute Gasteiger partial charge is 0.330 e. The van der Waals surface area contributed by atoms with Crippen LogP contribution in [0.15, 0.2) is 24.3 Å². The zero-order valence-electron chi connectivity index (χ0n) is 19.7. The molecule has 0 aromatic rings. The SMILES string of the molecule is CC(=O)C(C)(C)C.CC(=O)ON1C(=O)C=CC1=O.CC(C)(C)C(=O)CN1C(=O)C=CC1=O. The van der Waals surface area contributed by atoms with Gasteiger partial charge in [-0.15, -0.1) is 0 Å². The smallest absolute Gasteiger partial charge is 0.330 e. The molecule has 0 saturated carbocycles. The zero-order valence-corrected chi connectivity index (χ0v) is 19.7. The summed E-state index contributed by atoms with van der Waals surface area (Å²) in [6.07, 6.45) is 4.42. The minimum absolute atomic E-state index is 0.122. The standard InChI is InChI=1S/C10H13NO3.C6H5NO4.C6H12O/c1-10(2,3)7(12)6-11-8(13)4-5-9(11)14;1-4(8)11-7-5(9)2-3-6(7)10;1-5(7)6(2,3)4/h4-5H,6H2,1-3H3;2-3H,1H3;1-4H3. The highest BCUT2D eigenvalue weighted by molar-refractivity contribution is 6.14. The summed E-state index contributed by atoms with van der Waals surface area (Å²) in [5.41, 5.74) is -0.664. The first kappa shape index (κ1) is 28.6. The van der Waals surface area contributed by atoms with Gasteiger partial charge in [0, 0.05) is 42.1 Å². The number of amides is 4. The highest BCUT2D eigenvalue weighted by Gasteiger charge is 2.30. The van der Waals surface area contributed by atoms with Gasteiger partial charge in [0.05, 0.1) is 6.54 Å². The van der Waals surface area contributed by atoms with Gasteiger partial charge < -0.3 is 4.84 Å². The first-order valence-corrected chi connectivity index (χ1v) is 9.70. The van der Waals surface area contributed by atoms with Crippen LogP contribution in [0.3, 0.4) is 0 Å². The summed E-state index contributed by atoms with van der Waals surface area (Å²) in [6.45, 7) is 13.6. The Hall–Kier alpha value is -3.43. The van der Waals surface area contributed by atoms with Crippen LogP contribution in [-0.2, 0) is 38.4 Å². The van der Waals surface area contributed by atoms with Crippen molar-refractivity contribution in [2.24, 2.45) is 10.8 Å². The number of rotatable bonds is 3. The van der Waals surface area contributed by atoms with Gasteiger partial charge in [-0.3, -0.25) is 33.7 Å². The molecule has 0 aliphatic carbocycles. The average Bonchev–Trinajstić information content (AvgIpc) is 3.11. The van der Waals surface area contributed by atoms with Crippen molar-refractivity contribution in [3.05, 3.63) is 24.3 Å². The predicted molar refractivity (Wildman–Crippen MR) is 113 cm³/mol. The summed E-state index contributed by atoms with van der Waals surface area (Å²) >= 11 is 0. The molecule has 176 valence electrons. The number of carbonyl (C=O) groups excluding carboxylic acids is 7. The number of ketones is 2. The number of Topliss-reactive ketones (excluding diaryl/α,β-unsaturated/α-hetero) is 2. The normalized spacial score (nSPS) is 15.2. The molecule has 0 unspecified atom stereocenters. The van der Waals surface area contributed by atoms with E-state index in [0.29, 0.717) is 5.06 Å². The van der Waals surface area contributed by atoms with Gasteiger partial charge in [0.25, 0.3) is 23.6 Å². The molecule has 32 heavy (non-hydrogen) atoms. The van der Waals surface area contributed by atoms with Crippen LogP contribution >= 0.6 is 0 Å². The van der Waals surface area contributed by atoms with E-state index in [2.05, 4.69) is 4.84 Å². The summed E-state index contributed by atoms with van der Waals surface area (Å²) in [7, 11) is 0. The van der Waals surface area contributed by atoms with Crippen LogP contribution in [-0.4, -0.2) is 57.7 Å². The second kappa shape index (κ2) is 11.3. The Morgan fingerprint density at radius 3 is 1.34 bits per heavy atom. The van der Waals surface area contributed by atoms with Crippen molar-refractivity contribution in [3.63, 3.8) is 0 Å². The van der Waals surface area contributed by atoms with Crippen molar-refractivity contribution in [2.45, 2.75) is 55.4 Å². The molecule has 2 rings (SSSR count). The fraction of sp³-hybridized carbons (Fsp3) is 0.500. The maximum Gasteiger partial charge on any atom is 0.330 e. The number of hydrogen-bond acceptors (Lipinski definition) is 8. The third kappa shape index (κ3) is 9.59. The van der Waals surface area contributed by atoms with Crippen LogP contribution in [0.1, 0.15) is 55.4 Å². The number of imide groups is 2. The van der Waals surface area contributed by atoms with E-state index in [4.69, 9.17) is 0 Å². The highest BCUT2D eigenvalue weighted by atomic mass is 16.7. The van der Waals surface area contributed by atoms with Crippen molar-refractivity contribution in [1.82, 2.24) is 9.96 Å². The molecule has 10 nitrogen and oxygen atoms in total. The lowest BCUT2D eigenvalue weighted by Gasteiger charge is -2.20. The van der Waals surface area contributed by atoms with Crippen LogP contribution in [0.5, 0.6) is 0 Å².